The first-order valence-corrected chi connectivity index (χ1v) is 4.87. The summed E-state index contributed by atoms with van der Waals surface area (Å²) in [6, 6.07) is 12.0. The Bertz CT molecular complexity index is 401. The summed E-state index contributed by atoms with van der Waals surface area (Å²) in [7, 11) is 0. The molecule has 0 bridgehead atoms. The van der Waals surface area contributed by atoms with Crippen molar-refractivity contribution >= 4 is 20.7 Å². The predicted molar refractivity (Wildman–Crippen MR) is 54.3 cm³/mol. The molecule has 0 atom stereocenters. The Kier molecular flexibility index (Phi) is 2.39. The molecule has 0 spiro atoms. The summed E-state index contributed by atoms with van der Waals surface area (Å²) < 4.78 is 0.744. The Labute approximate surface area is 84.9 Å². The van der Waals surface area contributed by atoms with Crippen LogP contribution in [-0.2, 0) is 0 Å². The summed E-state index contributed by atoms with van der Waals surface area (Å²) in [4.78, 5) is 8.33. The third-order valence-corrected chi connectivity index (χ3v) is 2.16. The van der Waals surface area contributed by atoms with Crippen LogP contribution in [0.1, 0.15) is 0 Å². The van der Waals surface area contributed by atoms with Gasteiger partial charge in [0.1, 0.15) is 0 Å². The Morgan fingerprint density at radius 2 is 1.77 bits per heavy atom. The third-order valence-electron chi connectivity index (χ3n) is 1.71. The van der Waals surface area contributed by atoms with E-state index in [1.165, 1.54) is 0 Å². The van der Waals surface area contributed by atoms with Crippen LogP contribution in [0.2, 0.25) is 0 Å². The van der Waals surface area contributed by atoms with Gasteiger partial charge >= 0.3 is 84.6 Å². The van der Waals surface area contributed by atoms with Gasteiger partial charge in [-0.15, -0.1) is 0 Å². The molecule has 0 saturated carbocycles. The Morgan fingerprint density at radius 3 is 2.46 bits per heavy atom. The van der Waals surface area contributed by atoms with Gasteiger partial charge in [-0.25, -0.2) is 0 Å². The number of hydrogen-bond acceptors (Lipinski definition) is 2. The monoisotopic (exact) mass is 236 g/mol. The summed E-state index contributed by atoms with van der Waals surface area (Å²) in [5, 5.41) is 0. The molecule has 64 valence electrons. The summed E-state index contributed by atoms with van der Waals surface area (Å²) in [6.07, 6.45) is 1.77. The van der Waals surface area contributed by atoms with Gasteiger partial charge in [0.05, 0.1) is 0 Å². The topological polar surface area (TPSA) is 25.8 Å². The van der Waals surface area contributed by atoms with Gasteiger partial charge in [0.15, 0.2) is 0 Å². The molecule has 13 heavy (non-hydrogen) atoms. The van der Waals surface area contributed by atoms with Crippen LogP contribution in [-0.4, -0.2) is 26.0 Å². The molecule has 0 radical (unpaired) electrons. The fraction of sp³-hybridized carbons (Fsp3) is 0. The number of nitrogens with zero attached hydrogens (tertiary/aromatic N) is 2. The Morgan fingerprint density at radius 1 is 1.00 bits per heavy atom. The van der Waals surface area contributed by atoms with Crippen molar-refractivity contribution in [3.8, 4) is 11.3 Å². The second kappa shape index (κ2) is 3.69. The molecular weight excluding hydrogens is 227 g/mol. The molecular formula is C10H8N2Se. The van der Waals surface area contributed by atoms with Crippen LogP contribution in [0.3, 0.4) is 0 Å². The molecule has 0 aliphatic carbocycles. The number of hydrogen-bond donors (Lipinski definition) is 0. The van der Waals surface area contributed by atoms with Crippen molar-refractivity contribution in [1.82, 2.24) is 9.97 Å². The first kappa shape index (κ1) is 8.42. The molecule has 2 rings (SSSR count). The van der Waals surface area contributed by atoms with Crippen molar-refractivity contribution in [1.29, 1.82) is 0 Å². The van der Waals surface area contributed by atoms with Crippen LogP contribution in [0.25, 0.3) is 11.3 Å². The van der Waals surface area contributed by atoms with Gasteiger partial charge in [0.2, 0.25) is 0 Å². The summed E-state index contributed by atoms with van der Waals surface area (Å²) in [5.74, 6) is 0. The molecule has 2 nitrogen and oxygen atoms in total. The first-order chi connectivity index (χ1) is 6.36. The van der Waals surface area contributed by atoms with Crippen molar-refractivity contribution in [2.24, 2.45) is 0 Å². The average molecular weight is 235 g/mol. The van der Waals surface area contributed by atoms with E-state index in [1.807, 2.05) is 36.4 Å². The van der Waals surface area contributed by atoms with E-state index < -0.39 is 0 Å². The van der Waals surface area contributed by atoms with Gasteiger partial charge < -0.3 is 0 Å². The molecule has 0 amide bonds. The van der Waals surface area contributed by atoms with Crippen LogP contribution in [0, 0.1) is 0 Å². The maximum absolute atomic E-state index is 4.30. The molecule has 3 heteroatoms. The van der Waals surface area contributed by atoms with Gasteiger partial charge in [-0.2, -0.15) is 0 Å². The van der Waals surface area contributed by atoms with Crippen molar-refractivity contribution in [3.63, 3.8) is 0 Å². The van der Waals surface area contributed by atoms with Gasteiger partial charge in [0, 0.05) is 0 Å². The maximum atomic E-state index is 4.30. The quantitative estimate of drug-likeness (QED) is 0.679. The van der Waals surface area contributed by atoms with E-state index in [0.717, 1.165) is 16.0 Å². The first-order valence-electron chi connectivity index (χ1n) is 3.94. The Hall–Kier alpha value is -1.18. The van der Waals surface area contributed by atoms with Crippen molar-refractivity contribution in [2.75, 3.05) is 0 Å². The van der Waals surface area contributed by atoms with Crippen molar-refractivity contribution in [2.45, 2.75) is 0 Å². The molecule has 0 saturated heterocycles. The van der Waals surface area contributed by atoms with Crippen LogP contribution in [0.4, 0.5) is 0 Å². The molecule has 1 aromatic heterocycles. The van der Waals surface area contributed by atoms with E-state index >= 15 is 0 Å². The van der Waals surface area contributed by atoms with Gasteiger partial charge in [-0.05, 0) is 0 Å². The van der Waals surface area contributed by atoms with Crippen molar-refractivity contribution < 1.29 is 0 Å². The third kappa shape index (κ3) is 1.94. The number of rotatable bonds is 1. The molecule has 0 aliphatic heterocycles. The normalized spacial score (nSPS) is 9.92. The molecule has 2 aromatic rings. The average Bonchev–Trinajstić information content (AvgIpc) is 2.19. The molecule has 1 heterocycles. The zero-order valence-electron chi connectivity index (χ0n) is 6.88. The van der Waals surface area contributed by atoms with E-state index in [1.54, 1.807) is 6.20 Å². The zero-order valence-corrected chi connectivity index (χ0v) is 8.76. The molecule has 0 aliphatic rings. The minimum absolute atomic E-state index is 0.744. The van der Waals surface area contributed by atoms with Gasteiger partial charge in [-0.1, -0.05) is 0 Å². The molecule has 0 N–H and O–H groups in total. The van der Waals surface area contributed by atoms with E-state index in [-0.39, 0.29) is 0 Å². The van der Waals surface area contributed by atoms with Gasteiger partial charge in [-0.3, -0.25) is 0 Å². The zero-order chi connectivity index (χ0) is 9.10. The van der Waals surface area contributed by atoms with Crippen LogP contribution >= 0.6 is 0 Å². The SMILES string of the molecule is [SeH]c1nccc(-c2ccccc2)n1. The van der Waals surface area contributed by atoms with E-state index in [9.17, 15) is 0 Å². The second-order valence-electron chi connectivity index (χ2n) is 2.61. The molecule has 0 unspecified atom stereocenters. The summed E-state index contributed by atoms with van der Waals surface area (Å²) in [6.45, 7) is 0. The molecule has 0 fully saturated rings. The van der Waals surface area contributed by atoms with Crippen LogP contribution < -0.4 is 4.72 Å². The van der Waals surface area contributed by atoms with Crippen LogP contribution in [0.15, 0.2) is 42.6 Å². The van der Waals surface area contributed by atoms with Crippen molar-refractivity contribution in [3.05, 3.63) is 42.6 Å². The fourth-order valence-corrected chi connectivity index (χ4v) is 1.48. The minimum atomic E-state index is 0.744. The number of benzene rings is 1. The van der Waals surface area contributed by atoms with Crippen LogP contribution in [0.5, 0.6) is 0 Å². The second-order valence-corrected chi connectivity index (χ2v) is 3.45. The molecule has 1 aromatic carbocycles. The predicted octanol–water partition coefficient (Wildman–Crippen LogP) is 0.670. The van der Waals surface area contributed by atoms with Gasteiger partial charge in [0.25, 0.3) is 0 Å². The number of aromatic nitrogens is 2. The van der Waals surface area contributed by atoms with E-state index in [4.69, 9.17) is 0 Å². The standard InChI is InChI=1S/C10H8N2Se/c13-10-11-7-6-9(12-10)8-4-2-1-3-5-8/h1-7H,(H,11,12,13). The summed E-state index contributed by atoms with van der Waals surface area (Å²) >= 11 is 2.34. The fourth-order valence-electron chi connectivity index (χ4n) is 1.12. The van der Waals surface area contributed by atoms with E-state index in [0.29, 0.717) is 0 Å². The van der Waals surface area contributed by atoms with E-state index in [2.05, 4.69) is 26.0 Å². The summed E-state index contributed by atoms with van der Waals surface area (Å²) in [5.41, 5.74) is 2.09. The Balaban J connectivity index is 2.48.